The average Bonchev–Trinajstić information content (AvgIpc) is 2.59. The summed E-state index contributed by atoms with van der Waals surface area (Å²) in [5, 5.41) is 9.45. The Balaban J connectivity index is 3.42. The number of carbonyl (C=O) groups excluding carboxylic acids is 2. The summed E-state index contributed by atoms with van der Waals surface area (Å²) in [7, 11) is 0. The zero-order chi connectivity index (χ0) is 19.7. The first kappa shape index (κ1) is 20.9. The monoisotopic (exact) mass is 363 g/mol. The number of Topliss-reactive ketones (excluding diaryl/α,β-unsaturated/α-hetero) is 1. The number of hydrogen-bond acceptors (Lipinski definition) is 6. The lowest BCUT2D eigenvalue weighted by Crippen LogP contribution is -2.25. The first-order valence-electron chi connectivity index (χ1n) is 7.95. The number of rotatable bonds is 11. The highest BCUT2D eigenvalue weighted by Crippen LogP contribution is 2.35. The molecule has 8 nitrogen and oxygen atoms in total. The Kier molecular flexibility index (Phi) is 8.01. The van der Waals surface area contributed by atoms with Crippen molar-refractivity contribution in [2.24, 2.45) is 0 Å². The minimum absolute atomic E-state index is 0.0557. The molecule has 0 fully saturated rings. The number of ether oxygens (including phenoxy) is 2. The minimum atomic E-state index is -0.589. The van der Waals surface area contributed by atoms with Crippen molar-refractivity contribution in [2.75, 3.05) is 31.2 Å². The van der Waals surface area contributed by atoms with E-state index < -0.39 is 18.4 Å². The van der Waals surface area contributed by atoms with E-state index in [9.17, 15) is 19.7 Å². The summed E-state index contributed by atoms with van der Waals surface area (Å²) in [6.07, 6.45) is 3.22. The highest BCUT2D eigenvalue weighted by Gasteiger charge is 2.27. The Morgan fingerprint density at radius 1 is 1.27 bits per heavy atom. The van der Waals surface area contributed by atoms with E-state index in [0.29, 0.717) is 18.8 Å². The third-order valence-electron chi connectivity index (χ3n) is 3.35. The van der Waals surface area contributed by atoms with Crippen molar-refractivity contribution in [3.8, 4) is 5.75 Å². The molecule has 1 N–H and O–H groups in total. The highest BCUT2D eigenvalue weighted by molar-refractivity contribution is 5.98. The topological polar surface area (TPSA) is 96.1 Å². The van der Waals surface area contributed by atoms with E-state index in [1.807, 2.05) is 0 Å². The van der Waals surface area contributed by atoms with Gasteiger partial charge in [0, 0.05) is 25.2 Å². The van der Waals surface area contributed by atoms with E-state index in [1.165, 1.54) is 19.1 Å². The predicted molar refractivity (Wildman–Crippen MR) is 96.3 cm³/mol. The Morgan fingerprint density at radius 2 is 1.88 bits per heavy atom. The second kappa shape index (κ2) is 9.97. The van der Waals surface area contributed by atoms with Crippen LogP contribution in [0.15, 0.2) is 37.4 Å². The van der Waals surface area contributed by atoms with Crippen molar-refractivity contribution in [3.63, 3.8) is 0 Å². The molecule has 0 aliphatic heterocycles. The van der Waals surface area contributed by atoms with Gasteiger partial charge in [0.15, 0.2) is 12.4 Å². The maximum absolute atomic E-state index is 11.9. The zero-order valence-corrected chi connectivity index (χ0v) is 14.9. The molecular weight excluding hydrogens is 340 g/mol. The normalized spacial score (nSPS) is 9.92. The van der Waals surface area contributed by atoms with Gasteiger partial charge in [-0.25, -0.2) is 10.0 Å². The smallest absolute Gasteiger partial charge is 0.344 e. The van der Waals surface area contributed by atoms with E-state index in [0.717, 1.165) is 0 Å². The van der Waals surface area contributed by atoms with Gasteiger partial charge in [-0.2, -0.15) is 0 Å². The van der Waals surface area contributed by atoms with Gasteiger partial charge in [0.1, 0.15) is 11.4 Å². The van der Waals surface area contributed by atoms with Gasteiger partial charge in [0.25, 0.3) is 4.92 Å². The summed E-state index contributed by atoms with van der Waals surface area (Å²) in [5.41, 5.74) is 0.216. The first-order valence-corrected chi connectivity index (χ1v) is 7.95. The molecule has 0 amide bonds. The average molecular weight is 363 g/mol. The van der Waals surface area contributed by atoms with Crippen molar-refractivity contribution < 1.29 is 29.2 Å². The van der Waals surface area contributed by atoms with Gasteiger partial charge < -0.3 is 14.4 Å². The van der Waals surface area contributed by atoms with Crippen molar-refractivity contribution in [2.45, 2.75) is 13.8 Å². The number of ketones is 1. The van der Waals surface area contributed by atoms with Gasteiger partial charge in [-0.3, -0.25) is 4.79 Å². The fourth-order valence-corrected chi connectivity index (χ4v) is 2.28. The van der Waals surface area contributed by atoms with Gasteiger partial charge in [-0.05, 0) is 13.8 Å². The lowest BCUT2D eigenvalue weighted by Gasteiger charge is -2.22. The van der Waals surface area contributed by atoms with Crippen LogP contribution in [-0.2, 0) is 9.53 Å². The second-order valence-corrected chi connectivity index (χ2v) is 5.24. The maximum Gasteiger partial charge on any atom is 0.344 e. The number of carbonyl (C=O) groups is 2. The molecule has 26 heavy (non-hydrogen) atoms. The van der Waals surface area contributed by atoms with Crippen molar-refractivity contribution in [3.05, 3.63) is 47.9 Å². The van der Waals surface area contributed by atoms with Crippen LogP contribution in [0.1, 0.15) is 24.2 Å². The molecule has 1 rings (SSSR count). The molecular formula is C18H23N2O6+. The summed E-state index contributed by atoms with van der Waals surface area (Å²) >= 11 is 0. The van der Waals surface area contributed by atoms with E-state index in [-0.39, 0.29) is 28.5 Å². The third-order valence-corrected chi connectivity index (χ3v) is 3.35. The van der Waals surface area contributed by atoms with Gasteiger partial charge in [-0.15, -0.1) is 13.2 Å². The molecule has 0 atom stereocenters. The van der Waals surface area contributed by atoms with E-state index in [1.54, 1.807) is 24.0 Å². The summed E-state index contributed by atoms with van der Waals surface area (Å²) in [6, 6.07) is 2.63. The molecule has 8 heteroatoms. The SMILES string of the molecule is C=CCN(CC=C)c1cc(OCC(=O)OCC)c(C(C)=O)cc1[N+](=O)O. The fraction of sp³-hybridized carbons (Fsp3) is 0.333. The first-order chi connectivity index (χ1) is 12.3. The fourth-order valence-electron chi connectivity index (χ4n) is 2.28. The second-order valence-electron chi connectivity index (χ2n) is 5.24. The zero-order valence-electron chi connectivity index (χ0n) is 14.9. The molecule has 0 aliphatic carbocycles. The maximum atomic E-state index is 11.9. The molecule has 0 radical (unpaired) electrons. The van der Waals surface area contributed by atoms with E-state index in [4.69, 9.17) is 9.47 Å². The Hall–Kier alpha value is -3.16. The Labute approximate surface area is 151 Å². The number of anilines is 1. The molecule has 0 bridgehead atoms. The molecule has 1 aromatic carbocycles. The van der Waals surface area contributed by atoms with Crippen LogP contribution in [0.4, 0.5) is 11.4 Å². The summed E-state index contributed by atoms with van der Waals surface area (Å²) in [6.45, 7) is 10.8. The number of nitrogens with zero attached hydrogens (tertiary/aromatic N) is 2. The van der Waals surface area contributed by atoms with Crippen molar-refractivity contribution in [1.29, 1.82) is 0 Å². The number of esters is 1. The van der Waals surface area contributed by atoms with E-state index >= 15 is 0 Å². The summed E-state index contributed by atoms with van der Waals surface area (Å²) in [4.78, 5) is 36.4. The molecule has 1 aromatic rings. The van der Waals surface area contributed by atoms with Crippen LogP contribution >= 0.6 is 0 Å². The Morgan fingerprint density at radius 3 is 2.35 bits per heavy atom. The Bertz CT molecular complexity index is 704. The largest absolute Gasteiger partial charge is 0.481 e. The standard InChI is InChI=1S/C18H23N2O6/c1-5-8-19(9-6-2)15-11-17(26-12-18(22)25-7-3)14(13(4)21)10-16(15)20(23)24/h5-6,10-11H,1-2,7-9,12H2,3-4H3,(H,23,24)/q+1. The predicted octanol–water partition coefficient (Wildman–Crippen LogP) is 2.81. The van der Waals surface area contributed by atoms with Gasteiger partial charge in [0.2, 0.25) is 0 Å². The van der Waals surface area contributed by atoms with Crippen LogP contribution < -0.4 is 9.64 Å². The van der Waals surface area contributed by atoms with Crippen LogP contribution in [0.3, 0.4) is 0 Å². The molecule has 0 heterocycles. The number of benzene rings is 1. The minimum Gasteiger partial charge on any atom is -0.481 e. The third kappa shape index (κ3) is 5.44. The summed E-state index contributed by atoms with van der Waals surface area (Å²) in [5.74, 6) is -0.879. The molecule has 140 valence electrons. The van der Waals surface area contributed by atoms with Crippen LogP contribution in [0, 0.1) is 4.91 Å². The molecule has 0 saturated carbocycles. The molecule has 0 saturated heterocycles. The quantitative estimate of drug-likeness (QED) is 0.279. The molecule has 0 unspecified atom stereocenters. The van der Waals surface area contributed by atoms with Crippen LogP contribution in [0.2, 0.25) is 0 Å². The lowest BCUT2D eigenvalue weighted by molar-refractivity contribution is -0.729. The molecule has 0 aliphatic rings. The van der Waals surface area contributed by atoms with Crippen LogP contribution in [0.5, 0.6) is 5.75 Å². The lowest BCUT2D eigenvalue weighted by atomic mass is 10.1. The molecule has 0 aromatic heterocycles. The highest BCUT2D eigenvalue weighted by atomic mass is 16.6. The van der Waals surface area contributed by atoms with E-state index in [2.05, 4.69) is 13.2 Å². The van der Waals surface area contributed by atoms with Crippen molar-refractivity contribution in [1.82, 2.24) is 0 Å². The summed E-state index contributed by atoms with van der Waals surface area (Å²) < 4.78 is 10.2. The number of hydrogen-bond donors (Lipinski definition) is 1. The molecule has 0 spiro atoms. The van der Waals surface area contributed by atoms with Gasteiger partial charge in [-0.1, -0.05) is 12.2 Å². The van der Waals surface area contributed by atoms with Crippen LogP contribution in [-0.4, -0.2) is 48.2 Å². The van der Waals surface area contributed by atoms with Crippen molar-refractivity contribution >= 4 is 23.1 Å². The van der Waals surface area contributed by atoms with Gasteiger partial charge >= 0.3 is 11.7 Å². The van der Waals surface area contributed by atoms with Gasteiger partial charge in [0.05, 0.1) is 17.1 Å². The van der Waals surface area contributed by atoms with Crippen LogP contribution in [0.25, 0.3) is 0 Å².